The Balaban J connectivity index is 2.38. The number of non-ortho nitro benzene ring substituents is 1. The van der Waals surface area contributed by atoms with Crippen LogP contribution in [0, 0.1) is 10.1 Å². The Labute approximate surface area is 121 Å². The molecule has 0 amide bonds. The van der Waals surface area contributed by atoms with Crippen molar-refractivity contribution in [2.75, 3.05) is 11.9 Å². The molecule has 1 aromatic carbocycles. The van der Waals surface area contributed by atoms with Crippen molar-refractivity contribution >= 4 is 11.4 Å². The van der Waals surface area contributed by atoms with Crippen molar-refractivity contribution in [3.63, 3.8) is 0 Å². The highest BCUT2D eigenvalue weighted by Crippen LogP contribution is 2.22. The van der Waals surface area contributed by atoms with E-state index < -0.39 is 4.92 Å². The third-order valence-corrected chi connectivity index (χ3v) is 3.00. The highest BCUT2D eigenvalue weighted by atomic mass is 16.6. The van der Waals surface area contributed by atoms with Crippen molar-refractivity contribution in [2.24, 2.45) is 0 Å². The van der Waals surface area contributed by atoms with E-state index in [-0.39, 0.29) is 17.8 Å². The molecule has 1 heterocycles. The summed E-state index contributed by atoms with van der Waals surface area (Å²) in [6.45, 7) is 3.02. The number of aromatic nitrogens is 2. The van der Waals surface area contributed by atoms with Gasteiger partial charge in [0.2, 0.25) is 0 Å². The van der Waals surface area contributed by atoms with Crippen LogP contribution in [0.4, 0.5) is 11.4 Å². The van der Waals surface area contributed by atoms with Crippen LogP contribution in [0.25, 0.3) is 0 Å². The maximum absolute atomic E-state index is 11.7. The second-order valence-corrected chi connectivity index (χ2v) is 4.57. The Bertz CT molecular complexity index is 697. The molecule has 2 aromatic rings. The van der Waals surface area contributed by atoms with E-state index in [4.69, 9.17) is 0 Å². The zero-order valence-electron chi connectivity index (χ0n) is 11.7. The molecule has 110 valence electrons. The minimum atomic E-state index is -0.445. The third-order valence-electron chi connectivity index (χ3n) is 3.00. The van der Waals surface area contributed by atoms with E-state index in [9.17, 15) is 14.9 Å². The molecule has 0 radical (unpaired) electrons. The molecule has 0 atom stereocenters. The van der Waals surface area contributed by atoms with Gasteiger partial charge in [-0.15, -0.1) is 0 Å². The molecule has 0 aliphatic heterocycles. The van der Waals surface area contributed by atoms with Crippen LogP contribution in [0.5, 0.6) is 0 Å². The third kappa shape index (κ3) is 3.65. The van der Waals surface area contributed by atoms with E-state index in [2.05, 4.69) is 10.3 Å². The van der Waals surface area contributed by atoms with Crippen molar-refractivity contribution in [3.8, 4) is 0 Å². The summed E-state index contributed by atoms with van der Waals surface area (Å²) in [7, 11) is 0. The Hall–Kier alpha value is -2.70. The maximum atomic E-state index is 11.7. The molecule has 0 unspecified atom stereocenters. The fraction of sp³-hybridized carbons (Fsp3) is 0.286. The van der Waals surface area contributed by atoms with Gasteiger partial charge in [0.1, 0.15) is 0 Å². The summed E-state index contributed by atoms with van der Waals surface area (Å²) in [6.07, 6.45) is 3.77. The maximum Gasteiger partial charge on any atom is 0.269 e. The van der Waals surface area contributed by atoms with E-state index >= 15 is 0 Å². The predicted molar refractivity (Wildman–Crippen MR) is 79.5 cm³/mol. The van der Waals surface area contributed by atoms with Gasteiger partial charge in [-0.2, -0.15) is 0 Å². The fourth-order valence-electron chi connectivity index (χ4n) is 1.94. The van der Waals surface area contributed by atoms with E-state index in [0.29, 0.717) is 5.56 Å². The standard InChI is InChI=1S/C14H16N4O3/c1-2-6-16-13-4-3-12(18(20)21)8-11(13)9-17-10-15-7-5-14(17)19/h3-5,7-8,10,16H,2,6,9H2,1H3. The zero-order chi connectivity index (χ0) is 15.2. The summed E-state index contributed by atoms with van der Waals surface area (Å²) in [5.74, 6) is 0. The molecule has 0 spiro atoms. The summed E-state index contributed by atoms with van der Waals surface area (Å²) >= 11 is 0. The number of rotatable bonds is 6. The van der Waals surface area contributed by atoms with Gasteiger partial charge in [-0.3, -0.25) is 19.5 Å². The highest BCUT2D eigenvalue weighted by Gasteiger charge is 2.11. The second kappa shape index (κ2) is 6.65. The Morgan fingerprint density at radius 3 is 2.86 bits per heavy atom. The van der Waals surface area contributed by atoms with Crippen molar-refractivity contribution in [1.82, 2.24) is 9.55 Å². The summed E-state index contributed by atoms with van der Waals surface area (Å²) in [5.41, 5.74) is 1.29. The SMILES string of the molecule is CCCNc1ccc([N+](=O)[O-])cc1Cn1cnccc1=O. The topological polar surface area (TPSA) is 90.1 Å². The van der Waals surface area contributed by atoms with Crippen LogP contribution >= 0.6 is 0 Å². The van der Waals surface area contributed by atoms with Crippen LogP contribution in [-0.2, 0) is 6.54 Å². The monoisotopic (exact) mass is 288 g/mol. The van der Waals surface area contributed by atoms with Crippen LogP contribution in [0.3, 0.4) is 0 Å². The number of nitrogens with one attached hydrogen (secondary N) is 1. The molecule has 0 saturated heterocycles. The quantitative estimate of drug-likeness (QED) is 0.648. The van der Waals surface area contributed by atoms with E-state index in [1.807, 2.05) is 6.92 Å². The van der Waals surface area contributed by atoms with E-state index in [1.54, 1.807) is 6.07 Å². The molecular formula is C14H16N4O3. The molecule has 7 heteroatoms. The second-order valence-electron chi connectivity index (χ2n) is 4.57. The van der Waals surface area contributed by atoms with Gasteiger partial charge in [0.25, 0.3) is 11.2 Å². The lowest BCUT2D eigenvalue weighted by molar-refractivity contribution is -0.384. The molecule has 0 bridgehead atoms. The lowest BCUT2D eigenvalue weighted by Crippen LogP contribution is -2.20. The normalized spacial score (nSPS) is 10.3. The molecular weight excluding hydrogens is 272 g/mol. The summed E-state index contributed by atoms with van der Waals surface area (Å²) in [4.78, 5) is 26.1. The van der Waals surface area contributed by atoms with E-state index in [1.165, 1.54) is 35.3 Å². The first kappa shape index (κ1) is 14.7. The van der Waals surface area contributed by atoms with Gasteiger partial charge in [0.15, 0.2) is 0 Å². The molecule has 7 nitrogen and oxygen atoms in total. The van der Waals surface area contributed by atoms with Gasteiger partial charge in [-0.05, 0) is 12.5 Å². The average molecular weight is 288 g/mol. The number of benzene rings is 1. The van der Waals surface area contributed by atoms with Crippen LogP contribution in [-0.4, -0.2) is 21.0 Å². The van der Waals surface area contributed by atoms with Gasteiger partial charge < -0.3 is 5.32 Å². The number of hydrogen-bond donors (Lipinski definition) is 1. The van der Waals surface area contributed by atoms with Gasteiger partial charge in [-0.25, -0.2) is 4.98 Å². The lowest BCUT2D eigenvalue weighted by atomic mass is 10.1. The van der Waals surface area contributed by atoms with Gasteiger partial charge in [-0.1, -0.05) is 6.92 Å². The number of nitrogens with zero attached hydrogens (tertiary/aromatic N) is 3. The Kier molecular flexibility index (Phi) is 4.65. The van der Waals surface area contributed by atoms with Gasteiger partial charge >= 0.3 is 0 Å². The molecule has 1 N–H and O–H groups in total. The number of hydrogen-bond acceptors (Lipinski definition) is 5. The van der Waals surface area contributed by atoms with Crippen molar-refractivity contribution in [3.05, 3.63) is 62.8 Å². The molecule has 1 aromatic heterocycles. The number of nitro groups is 1. The molecule has 21 heavy (non-hydrogen) atoms. The first-order valence-corrected chi connectivity index (χ1v) is 6.63. The van der Waals surface area contributed by atoms with Crippen LogP contribution < -0.4 is 10.9 Å². The van der Waals surface area contributed by atoms with E-state index in [0.717, 1.165) is 18.7 Å². The summed E-state index contributed by atoms with van der Waals surface area (Å²) in [6, 6.07) is 5.96. The van der Waals surface area contributed by atoms with Crippen LogP contribution in [0.15, 0.2) is 41.6 Å². The largest absolute Gasteiger partial charge is 0.385 e. The molecule has 2 rings (SSSR count). The fourth-order valence-corrected chi connectivity index (χ4v) is 1.94. The van der Waals surface area contributed by atoms with Gasteiger partial charge in [0, 0.05) is 42.2 Å². The number of anilines is 1. The van der Waals surface area contributed by atoms with Crippen molar-refractivity contribution in [2.45, 2.75) is 19.9 Å². The summed E-state index contributed by atoms with van der Waals surface area (Å²) in [5, 5.41) is 14.1. The first-order chi connectivity index (χ1) is 10.1. The van der Waals surface area contributed by atoms with Crippen molar-refractivity contribution < 1.29 is 4.92 Å². The van der Waals surface area contributed by atoms with Gasteiger partial charge in [0.05, 0.1) is 17.8 Å². The smallest absolute Gasteiger partial charge is 0.269 e. The molecule has 0 saturated carbocycles. The Morgan fingerprint density at radius 2 is 2.19 bits per heavy atom. The Morgan fingerprint density at radius 1 is 1.38 bits per heavy atom. The average Bonchev–Trinajstić information content (AvgIpc) is 2.48. The minimum Gasteiger partial charge on any atom is -0.385 e. The number of nitro benzene ring substituents is 1. The van der Waals surface area contributed by atoms with Crippen LogP contribution in [0.2, 0.25) is 0 Å². The molecule has 0 fully saturated rings. The first-order valence-electron chi connectivity index (χ1n) is 6.63. The minimum absolute atomic E-state index is 0.00369. The van der Waals surface area contributed by atoms with Crippen LogP contribution in [0.1, 0.15) is 18.9 Å². The molecule has 0 aliphatic rings. The summed E-state index contributed by atoms with van der Waals surface area (Å²) < 4.78 is 1.41. The lowest BCUT2D eigenvalue weighted by Gasteiger charge is -2.12. The van der Waals surface area contributed by atoms with Crippen molar-refractivity contribution in [1.29, 1.82) is 0 Å². The zero-order valence-corrected chi connectivity index (χ0v) is 11.7. The predicted octanol–water partition coefficient (Wildman–Crippen LogP) is 2.02. The highest BCUT2D eigenvalue weighted by molar-refractivity contribution is 5.56. The molecule has 0 aliphatic carbocycles.